The van der Waals surface area contributed by atoms with Crippen LogP contribution < -0.4 is 0 Å². The third-order valence-corrected chi connectivity index (χ3v) is 0.861. The summed E-state index contributed by atoms with van der Waals surface area (Å²) in [4.78, 5) is 0. The molecular formula is C2ClF4NS. The molecule has 0 saturated heterocycles. The monoisotopic (exact) mass is 181 g/mol. The second kappa shape index (κ2) is 3.26. The second-order valence-corrected chi connectivity index (χ2v) is 2.01. The first-order chi connectivity index (χ1) is 3.92. The number of alkyl halides is 3. The predicted octanol–water partition coefficient (Wildman–Crippen LogP) is 2.72. The van der Waals surface area contributed by atoms with Crippen LogP contribution in [0, 0.1) is 0 Å². The third-order valence-electron chi connectivity index (χ3n) is 0.218. The van der Waals surface area contributed by atoms with E-state index in [1.54, 1.807) is 0 Å². The van der Waals surface area contributed by atoms with Crippen molar-refractivity contribution in [3.8, 4) is 0 Å². The summed E-state index contributed by atoms with van der Waals surface area (Å²) in [5.74, 6) is 0. The fraction of sp³-hybridized carbons (Fsp3) is 0.500. The van der Waals surface area contributed by atoms with Crippen molar-refractivity contribution < 1.29 is 17.6 Å². The Kier molecular flexibility index (Phi) is 3.27. The average molecular weight is 182 g/mol. The van der Waals surface area contributed by atoms with E-state index < -0.39 is 22.9 Å². The Labute approximate surface area is 57.2 Å². The minimum atomic E-state index is -4.56. The van der Waals surface area contributed by atoms with Crippen LogP contribution in [-0.2, 0) is 0 Å². The van der Waals surface area contributed by atoms with Crippen molar-refractivity contribution >= 4 is 29.0 Å². The van der Waals surface area contributed by atoms with Gasteiger partial charge in [0, 0.05) is 0 Å². The summed E-state index contributed by atoms with van der Waals surface area (Å²) in [6, 6.07) is 0. The first kappa shape index (κ1) is 9.03. The van der Waals surface area contributed by atoms with Gasteiger partial charge < -0.3 is 0 Å². The SMILES string of the molecule is FC(Cl)=NSC(F)(F)F. The zero-order chi connectivity index (χ0) is 7.49. The summed E-state index contributed by atoms with van der Waals surface area (Å²) >= 11 is 3.47. The van der Waals surface area contributed by atoms with Gasteiger partial charge in [0.25, 0.3) is 5.42 Å². The van der Waals surface area contributed by atoms with Gasteiger partial charge in [0.2, 0.25) is 0 Å². The Balaban J connectivity index is 3.64. The summed E-state index contributed by atoms with van der Waals surface area (Å²) in [6.07, 6.45) is 0. The Morgan fingerprint density at radius 2 is 1.89 bits per heavy atom. The van der Waals surface area contributed by atoms with Crippen molar-refractivity contribution in [3.05, 3.63) is 0 Å². The van der Waals surface area contributed by atoms with E-state index in [0.717, 1.165) is 0 Å². The van der Waals surface area contributed by atoms with E-state index >= 15 is 0 Å². The summed E-state index contributed by atoms with van der Waals surface area (Å²) in [5.41, 5.74) is -6.18. The smallest absolute Gasteiger partial charge is 0.170 e. The molecule has 0 aliphatic heterocycles. The van der Waals surface area contributed by atoms with Gasteiger partial charge in [-0.2, -0.15) is 22.0 Å². The standard InChI is InChI=1S/C2ClF4NS/c3-1(4)8-9-2(5,6)7. The molecule has 0 aromatic carbocycles. The van der Waals surface area contributed by atoms with Crippen LogP contribution >= 0.6 is 23.5 Å². The maximum Gasteiger partial charge on any atom is 0.463 e. The molecule has 0 heterocycles. The van der Waals surface area contributed by atoms with E-state index in [2.05, 4.69) is 16.0 Å². The molecule has 54 valence electrons. The normalized spacial score (nSPS) is 14.1. The summed E-state index contributed by atoms with van der Waals surface area (Å²) in [7, 11) is 0. The van der Waals surface area contributed by atoms with E-state index in [4.69, 9.17) is 0 Å². The van der Waals surface area contributed by atoms with Crippen molar-refractivity contribution in [2.45, 2.75) is 5.51 Å². The van der Waals surface area contributed by atoms with Gasteiger partial charge in [-0.15, -0.1) is 0 Å². The summed E-state index contributed by atoms with van der Waals surface area (Å²) < 4.78 is 46.6. The van der Waals surface area contributed by atoms with Crippen molar-refractivity contribution in [1.82, 2.24) is 0 Å². The Bertz CT molecular complexity index is 116. The van der Waals surface area contributed by atoms with Crippen LogP contribution in [0.1, 0.15) is 0 Å². The molecular weight excluding hydrogens is 182 g/mol. The van der Waals surface area contributed by atoms with Crippen LogP contribution in [0.3, 0.4) is 0 Å². The lowest BCUT2D eigenvalue weighted by molar-refractivity contribution is -0.0327. The Morgan fingerprint density at radius 3 is 2.00 bits per heavy atom. The van der Waals surface area contributed by atoms with Crippen molar-refractivity contribution in [2.75, 3.05) is 0 Å². The molecule has 0 spiro atoms. The molecule has 9 heavy (non-hydrogen) atoms. The molecule has 7 heteroatoms. The molecule has 0 fully saturated rings. The van der Waals surface area contributed by atoms with Gasteiger partial charge in [0.05, 0.1) is 11.9 Å². The van der Waals surface area contributed by atoms with Gasteiger partial charge in [-0.1, -0.05) is 0 Å². The van der Waals surface area contributed by atoms with Crippen LogP contribution in [0.25, 0.3) is 0 Å². The number of hydrogen-bond acceptors (Lipinski definition) is 2. The van der Waals surface area contributed by atoms with E-state index in [9.17, 15) is 17.6 Å². The first-order valence-corrected chi connectivity index (χ1v) is 2.71. The maximum absolute atomic E-state index is 11.2. The molecule has 1 nitrogen and oxygen atoms in total. The zero-order valence-electron chi connectivity index (χ0n) is 3.75. The van der Waals surface area contributed by atoms with Crippen LogP contribution in [0.15, 0.2) is 4.40 Å². The minimum absolute atomic E-state index is 0.877. The fourth-order valence-electron chi connectivity index (χ4n) is 0.0863. The van der Waals surface area contributed by atoms with Crippen LogP contribution in [0.5, 0.6) is 0 Å². The number of nitrogens with zero attached hydrogens (tertiary/aromatic N) is 1. The van der Waals surface area contributed by atoms with Crippen molar-refractivity contribution in [2.24, 2.45) is 4.40 Å². The average Bonchev–Trinajstić information content (AvgIpc) is 1.59. The van der Waals surface area contributed by atoms with E-state index in [-0.39, 0.29) is 0 Å². The number of halogens is 5. The molecule has 0 radical (unpaired) electrons. The minimum Gasteiger partial charge on any atom is -0.170 e. The molecule has 0 aromatic rings. The fourth-order valence-corrected chi connectivity index (χ4v) is 0.362. The lowest BCUT2D eigenvalue weighted by Gasteiger charge is -1.96. The molecule has 0 unspecified atom stereocenters. The zero-order valence-corrected chi connectivity index (χ0v) is 5.32. The van der Waals surface area contributed by atoms with Gasteiger partial charge in [0.1, 0.15) is 0 Å². The highest BCUT2D eigenvalue weighted by Gasteiger charge is 2.29. The van der Waals surface area contributed by atoms with Gasteiger partial charge in [-0.05, 0) is 11.6 Å². The first-order valence-electron chi connectivity index (χ1n) is 1.56. The van der Waals surface area contributed by atoms with Crippen LogP contribution in [0.4, 0.5) is 17.6 Å². The summed E-state index contributed by atoms with van der Waals surface area (Å²) in [5, 5.41) is 0. The molecule has 0 N–H and O–H groups in total. The van der Waals surface area contributed by atoms with Gasteiger partial charge in [-0.25, -0.2) is 0 Å². The lowest BCUT2D eigenvalue weighted by Crippen LogP contribution is -1.96. The molecule has 0 rings (SSSR count). The van der Waals surface area contributed by atoms with Crippen molar-refractivity contribution in [3.63, 3.8) is 0 Å². The Morgan fingerprint density at radius 1 is 1.44 bits per heavy atom. The van der Waals surface area contributed by atoms with E-state index in [1.165, 1.54) is 0 Å². The van der Waals surface area contributed by atoms with Crippen molar-refractivity contribution in [1.29, 1.82) is 0 Å². The largest absolute Gasteiger partial charge is 0.463 e. The van der Waals surface area contributed by atoms with Gasteiger partial charge in [-0.3, -0.25) is 0 Å². The van der Waals surface area contributed by atoms with E-state index in [1.807, 2.05) is 0 Å². The molecule has 0 aliphatic rings. The van der Waals surface area contributed by atoms with Gasteiger partial charge in [0.15, 0.2) is 0 Å². The molecule has 0 amide bonds. The molecule has 0 saturated carbocycles. The number of rotatable bonds is 1. The maximum atomic E-state index is 11.2. The highest BCUT2D eigenvalue weighted by molar-refractivity contribution is 7.99. The highest BCUT2D eigenvalue weighted by Crippen LogP contribution is 2.31. The topological polar surface area (TPSA) is 12.4 Å². The molecule has 0 bridgehead atoms. The van der Waals surface area contributed by atoms with Crippen LogP contribution in [0.2, 0.25) is 0 Å². The second-order valence-electron chi connectivity index (χ2n) is 0.869. The van der Waals surface area contributed by atoms with Gasteiger partial charge >= 0.3 is 5.51 Å². The quantitative estimate of drug-likeness (QED) is 0.344. The summed E-state index contributed by atoms with van der Waals surface area (Å²) in [6.45, 7) is 0. The van der Waals surface area contributed by atoms with E-state index in [0.29, 0.717) is 0 Å². The Hall–Kier alpha value is 0.0300. The number of hydrogen-bond donors (Lipinski definition) is 0. The third kappa shape index (κ3) is 8.03. The lowest BCUT2D eigenvalue weighted by atomic mass is 11.6. The molecule has 0 atom stereocenters. The molecule has 0 aliphatic carbocycles. The highest BCUT2D eigenvalue weighted by atomic mass is 35.5. The predicted molar refractivity (Wildman–Crippen MR) is 28.0 cm³/mol. The van der Waals surface area contributed by atoms with Crippen LogP contribution in [-0.4, -0.2) is 10.9 Å². The molecule has 0 aromatic heterocycles.